The van der Waals surface area contributed by atoms with Gasteiger partial charge in [-0.15, -0.1) is 0 Å². The first-order valence-corrected chi connectivity index (χ1v) is 13.8. The van der Waals surface area contributed by atoms with E-state index < -0.39 is 10.1 Å². The third kappa shape index (κ3) is 6.50. The van der Waals surface area contributed by atoms with Gasteiger partial charge >= 0.3 is 5.97 Å². The molecule has 0 spiro atoms. The number of rotatable bonds is 10. The number of fused-ring (bicyclic) bond motifs is 1. The number of methoxy groups -OCH3 is 1. The lowest BCUT2D eigenvalue weighted by atomic mass is 10.0. The van der Waals surface area contributed by atoms with Crippen LogP contribution in [0.3, 0.4) is 0 Å². The van der Waals surface area contributed by atoms with Crippen molar-refractivity contribution in [2.24, 2.45) is 0 Å². The minimum absolute atomic E-state index is 0.0272. The molecule has 4 rings (SSSR count). The molecular formula is C26H26N2O5S2. The molecule has 0 aliphatic rings. The van der Waals surface area contributed by atoms with Crippen LogP contribution < -0.4 is 0 Å². The fraction of sp³-hybridized carbons (Fsp3) is 0.231. The molecule has 9 heteroatoms. The van der Waals surface area contributed by atoms with Crippen LogP contribution in [0.1, 0.15) is 27.2 Å². The van der Waals surface area contributed by atoms with E-state index in [0.29, 0.717) is 24.3 Å². The van der Waals surface area contributed by atoms with E-state index in [4.69, 9.17) is 13.9 Å². The number of benzene rings is 3. The molecule has 0 bridgehead atoms. The Balaban J connectivity index is 1.61. The lowest BCUT2D eigenvalue weighted by Crippen LogP contribution is -2.06. The molecule has 35 heavy (non-hydrogen) atoms. The maximum absolute atomic E-state index is 12.2. The molecule has 1 heterocycles. The second-order valence-electron chi connectivity index (χ2n) is 7.99. The lowest BCUT2D eigenvalue weighted by molar-refractivity contribution is 0.0600. The van der Waals surface area contributed by atoms with Crippen LogP contribution >= 0.6 is 11.8 Å². The summed E-state index contributed by atoms with van der Waals surface area (Å²) in [5.74, 6) is 0.149. The quantitative estimate of drug-likeness (QED) is 0.174. The molecule has 0 aliphatic heterocycles. The van der Waals surface area contributed by atoms with E-state index >= 15 is 0 Å². The molecule has 0 radical (unpaired) electrons. The van der Waals surface area contributed by atoms with Gasteiger partial charge in [-0.1, -0.05) is 72.4 Å². The number of imidazole rings is 1. The molecule has 0 N–H and O–H groups in total. The van der Waals surface area contributed by atoms with Crippen molar-refractivity contribution < 1.29 is 22.1 Å². The Morgan fingerprint density at radius 2 is 1.71 bits per heavy atom. The van der Waals surface area contributed by atoms with E-state index in [1.54, 1.807) is 6.07 Å². The summed E-state index contributed by atoms with van der Waals surface area (Å²) in [4.78, 5) is 16.9. The average Bonchev–Trinajstić information content (AvgIpc) is 3.23. The van der Waals surface area contributed by atoms with Gasteiger partial charge in [-0.05, 0) is 28.0 Å². The van der Waals surface area contributed by atoms with Crippen LogP contribution in [0.5, 0.6) is 0 Å². The fourth-order valence-corrected chi connectivity index (χ4v) is 5.20. The fourth-order valence-electron chi connectivity index (χ4n) is 3.81. The summed E-state index contributed by atoms with van der Waals surface area (Å²) < 4.78 is 34.6. The highest BCUT2D eigenvalue weighted by Gasteiger charge is 2.15. The number of nitrogens with zero attached hydrogens (tertiary/aromatic N) is 2. The first kappa shape index (κ1) is 25.0. The van der Waals surface area contributed by atoms with Gasteiger partial charge in [0, 0.05) is 18.4 Å². The number of carbonyl (C=O) groups excluding carboxylic acids is 1. The van der Waals surface area contributed by atoms with Crippen molar-refractivity contribution in [2.75, 3.05) is 20.0 Å². The zero-order valence-corrected chi connectivity index (χ0v) is 21.1. The van der Waals surface area contributed by atoms with E-state index in [1.807, 2.05) is 42.6 Å². The molecule has 0 fully saturated rings. The summed E-state index contributed by atoms with van der Waals surface area (Å²) in [7, 11) is -2.15. The van der Waals surface area contributed by atoms with Crippen LogP contribution in [0.25, 0.3) is 10.8 Å². The summed E-state index contributed by atoms with van der Waals surface area (Å²) in [6.45, 7) is 0.627. The van der Waals surface area contributed by atoms with E-state index in [1.165, 1.54) is 18.9 Å². The van der Waals surface area contributed by atoms with Crippen molar-refractivity contribution in [2.45, 2.75) is 23.9 Å². The summed E-state index contributed by atoms with van der Waals surface area (Å²) >= 11 is 1.51. The Kier molecular flexibility index (Phi) is 7.90. The predicted octanol–water partition coefficient (Wildman–Crippen LogP) is 4.68. The van der Waals surface area contributed by atoms with E-state index in [-0.39, 0.29) is 12.6 Å². The SMILES string of the molecule is COC(=O)c1ccccc1CSc1nc(CCOS(C)(=O)=O)cn1Cc1cccc2ccccc12. The Morgan fingerprint density at radius 3 is 2.51 bits per heavy atom. The van der Waals surface area contributed by atoms with Crippen LogP contribution in [0.4, 0.5) is 0 Å². The summed E-state index contributed by atoms with van der Waals surface area (Å²) in [5.41, 5.74) is 3.26. The van der Waals surface area contributed by atoms with Crippen LogP contribution in [-0.2, 0) is 37.8 Å². The van der Waals surface area contributed by atoms with Gasteiger partial charge in [-0.3, -0.25) is 4.18 Å². The molecule has 0 unspecified atom stereocenters. The van der Waals surface area contributed by atoms with Crippen molar-refractivity contribution in [3.63, 3.8) is 0 Å². The van der Waals surface area contributed by atoms with E-state index in [0.717, 1.165) is 39.0 Å². The van der Waals surface area contributed by atoms with Crippen LogP contribution in [0, 0.1) is 0 Å². The standard InChI is InChI=1S/C26H26N2O5S2/c1-32-25(29)24-13-6-4-9-21(24)18-34-26-27-22(14-15-33-35(2,30)31)17-28(26)16-20-11-7-10-19-8-3-5-12-23(19)20/h3-13,17H,14-16,18H2,1-2H3. The number of thioether (sulfide) groups is 1. The Labute approximate surface area is 209 Å². The van der Waals surface area contributed by atoms with Crippen LogP contribution in [0.2, 0.25) is 0 Å². The molecule has 0 amide bonds. The van der Waals surface area contributed by atoms with Crippen molar-refractivity contribution >= 4 is 38.6 Å². The van der Waals surface area contributed by atoms with Crippen molar-refractivity contribution in [3.05, 3.63) is 95.3 Å². The predicted molar refractivity (Wildman–Crippen MR) is 137 cm³/mol. The zero-order chi connectivity index (χ0) is 24.8. The number of hydrogen-bond donors (Lipinski definition) is 0. The van der Waals surface area contributed by atoms with Crippen molar-refractivity contribution in [3.8, 4) is 0 Å². The molecule has 4 aromatic rings. The maximum atomic E-state index is 12.2. The second kappa shape index (κ2) is 11.1. The van der Waals surface area contributed by atoms with Crippen molar-refractivity contribution in [1.82, 2.24) is 9.55 Å². The highest BCUT2D eigenvalue weighted by Crippen LogP contribution is 2.27. The van der Waals surface area contributed by atoms with Gasteiger partial charge in [0.25, 0.3) is 10.1 Å². The normalized spacial score (nSPS) is 11.6. The Bertz CT molecular complexity index is 1440. The lowest BCUT2D eigenvalue weighted by Gasteiger charge is -2.11. The number of hydrogen-bond acceptors (Lipinski definition) is 7. The van der Waals surface area contributed by atoms with Crippen LogP contribution in [0.15, 0.2) is 78.1 Å². The molecule has 0 saturated heterocycles. The minimum Gasteiger partial charge on any atom is -0.465 e. The van der Waals surface area contributed by atoms with Gasteiger partial charge in [0.15, 0.2) is 5.16 Å². The number of ether oxygens (including phenoxy) is 1. The number of aromatic nitrogens is 2. The summed E-state index contributed by atoms with van der Waals surface area (Å²) in [6.07, 6.45) is 3.33. The summed E-state index contributed by atoms with van der Waals surface area (Å²) in [5, 5.41) is 3.10. The first-order valence-electron chi connectivity index (χ1n) is 11.0. The number of carbonyl (C=O) groups is 1. The van der Waals surface area contributed by atoms with E-state index in [2.05, 4.69) is 28.8 Å². The Morgan fingerprint density at radius 1 is 1.00 bits per heavy atom. The number of esters is 1. The molecule has 0 atom stereocenters. The smallest absolute Gasteiger partial charge is 0.338 e. The molecule has 3 aromatic carbocycles. The van der Waals surface area contributed by atoms with Crippen molar-refractivity contribution in [1.29, 1.82) is 0 Å². The third-order valence-corrected chi connectivity index (χ3v) is 7.08. The molecule has 7 nitrogen and oxygen atoms in total. The van der Waals surface area contributed by atoms with E-state index in [9.17, 15) is 13.2 Å². The molecule has 182 valence electrons. The Hall–Kier alpha value is -3.14. The largest absolute Gasteiger partial charge is 0.465 e. The first-order chi connectivity index (χ1) is 16.8. The molecular weight excluding hydrogens is 484 g/mol. The minimum atomic E-state index is -3.52. The molecule has 1 aromatic heterocycles. The average molecular weight is 511 g/mol. The van der Waals surface area contributed by atoms with Gasteiger partial charge in [0.2, 0.25) is 0 Å². The van der Waals surface area contributed by atoms with Crippen LogP contribution in [-0.4, -0.2) is 43.9 Å². The second-order valence-corrected chi connectivity index (χ2v) is 10.6. The van der Waals surface area contributed by atoms with Gasteiger partial charge < -0.3 is 9.30 Å². The molecule has 0 saturated carbocycles. The highest BCUT2D eigenvalue weighted by atomic mass is 32.2. The van der Waals surface area contributed by atoms with Gasteiger partial charge in [0.1, 0.15) is 0 Å². The zero-order valence-electron chi connectivity index (χ0n) is 19.5. The van der Waals surface area contributed by atoms with Gasteiger partial charge in [-0.25, -0.2) is 9.78 Å². The molecule has 0 aliphatic carbocycles. The third-order valence-electron chi connectivity index (χ3n) is 5.45. The van der Waals surface area contributed by atoms with Gasteiger partial charge in [-0.2, -0.15) is 8.42 Å². The highest BCUT2D eigenvalue weighted by molar-refractivity contribution is 7.98. The monoisotopic (exact) mass is 510 g/mol. The maximum Gasteiger partial charge on any atom is 0.338 e. The van der Waals surface area contributed by atoms with Gasteiger partial charge in [0.05, 0.1) is 37.8 Å². The summed E-state index contributed by atoms with van der Waals surface area (Å²) in [6, 6.07) is 21.8. The topological polar surface area (TPSA) is 87.5 Å².